The number of aliphatic hydroxyl groups excluding tert-OH is 1. The van der Waals surface area contributed by atoms with E-state index in [0.717, 1.165) is 17.1 Å². The number of rotatable bonds is 8. The highest BCUT2D eigenvalue weighted by molar-refractivity contribution is 6.26. The van der Waals surface area contributed by atoms with Gasteiger partial charge in [-0.3, -0.25) is 14.4 Å². The van der Waals surface area contributed by atoms with E-state index in [-0.39, 0.29) is 0 Å². The molecule has 0 aromatic carbocycles. The molecule has 1 amide bonds. The van der Waals surface area contributed by atoms with Crippen LogP contribution in [0.15, 0.2) is 60.8 Å². The van der Waals surface area contributed by atoms with Crippen LogP contribution in [0.25, 0.3) is 0 Å². The van der Waals surface area contributed by atoms with Crippen molar-refractivity contribution in [2.75, 3.05) is 13.7 Å². The average molecular weight is 345 g/mol. The van der Waals surface area contributed by atoms with Gasteiger partial charge in [0.25, 0.3) is 0 Å². The van der Waals surface area contributed by atoms with Gasteiger partial charge >= 0.3 is 5.97 Å². The van der Waals surface area contributed by atoms with Crippen molar-refractivity contribution in [3.63, 3.8) is 0 Å². The van der Waals surface area contributed by atoms with Gasteiger partial charge in [0.2, 0.25) is 5.91 Å². The van der Waals surface area contributed by atoms with Gasteiger partial charge < -0.3 is 15.1 Å². The number of aliphatic hydroxyl groups is 1. The number of hydrogen-bond donors (Lipinski definition) is 2. The topological polar surface area (TPSA) is 112 Å². The normalized spacial score (nSPS) is 21.9. The number of aliphatic carboxylic acids is 1. The zero-order valence-electron chi connectivity index (χ0n) is 13.6. The largest absolute Gasteiger partial charge is 0.478 e. The van der Waals surface area contributed by atoms with Crippen LogP contribution in [0.1, 0.15) is 0 Å². The number of amides is 1. The maximum Gasteiger partial charge on any atom is 0.328 e. The van der Waals surface area contributed by atoms with Crippen LogP contribution in [-0.2, 0) is 19.2 Å². The van der Waals surface area contributed by atoms with Crippen LogP contribution in [0.4, 0.5) is 0 Å². The lowest BCUT2D eigenvalue weighted by Crippen LogP contribution is -2.34. The first-order valence-corrected chi connectivity index (χ1v) is 7.43. The highest BCUT2D eigenvalue weighted by Crippen LogP contribution is 2.20. The lowest BCUT2D eigenvalue weighted by Gasteiger charge is -2.14. The Labute approximate surface area is 144 Å². The molecule has 2 unspecified atom stereocenters. The molecule has 132 valence electrons. The maximum absolute atomic E-state index is 12.0. The van der Waals surface area contributed by atoms with Crippen LogP contribution >= 0.6 is 0 Å². The second-order valence-corrected chi connectivity index (χ2v) is 5.10. The molecule has 0 bridgehead atoms. The van der Waals surface area contributed by atoms with Crippen molar-refractivity contribution in [2.45, 2.75) is 6.04 Å². The number of carbonyl (C=O) groups is 4. The van der Waals surface area contributed by atoms with Gasteiger partial charge in [-0.05, 0) is 6.08 Å². The van der Waals surface area contributed by atoms with E-state index < -0.39 is 42.0 Å². The molecule has 0 aromatic rings. The number of allylic oxidation sites excluding steroid dienone is 9. The Morgan fingerprint density at radius 2 is 1.44 bits per heavy atom. The van der Waals surface area contributed by atoms with E-state index in [9.17, 15) is 19.2 Å². The van der Waals surface area contributed by atoms with E-state index in [1.54, 1.807) is 36.5 Å². The molecular weight excluding hydrogens is 326 g/mol. The Morgan fingerprint density at radius 3 is 1.88 bits per heavy atom. The first-order valence-electron chi connectivity index (χ1n) is 7.43. The molecule has 1 heterocycles. The van der Waals surface area contributed by atoms with Gasteiger partial charge in [-0.15, -0.1) is 0 Å². The number of likely N-dealkylation sites (N-methyl/N-ethyl adjacent to an activating group) is 1. The molecule has 7 heteroatoms. The predicted octanol–water partition coefficient (Wildman–Crippen LogP) is 0.439. The van der Waals surface area contributed by atoms with Gasteiger partial charge in [0, 0.05) is 13.1 Å². The molecule has 2 atom stereocenters. The van der Waals surface area contributed by atoms with E-state index >= 15 is 0 Å². The number of likely N-dealkylation sites (tertiary alicyclic amines) is 1. The first kappa shape index (κ1) is 20.0. The molecule has 7 nitrogen and oxygen atoms in total. The van der Waals surface area contributed by atoms with Crippen molar-refractivity contribution in [3.8, 4) is 0 Å². The summed E-state index contributed by atoms with van der Waals surface area (Å²) in [5.74, 6) is -4.23. The second-order valence-electron chi connectivity index (χ2n) is 5.10. The van der Waals surface area contributed by atoms with Gasteiger partial charge in [0.1, 0.15) is 6.04 Å². The highest BCUT2D eigenvalue weighted by Gasteiger charge is 2.47. The third-order valence-electron chi connectivity index (χ3n) is 3.41. The molecule has 0 radical (unpaired) electrons. The quantitative estimate of drug-likeness (QED) is 0.375. The summed E-state index contributed by atoms with van der Waals surface area (Å²) >= 11 is 0. The fourth-order valence-electron chi connectivity index (χ4n) is 2.11. The summed E-state index contributed by atoms with van der Waals surface area (Å²) in [6.07, 6.45) is 14.6. The van der Waals surface area contributed by atoms with Crippen LogP contribution in [-0.4, -0.2) is 58.3 Å². The summed E-state index contributed by atoms with van der Waals surface area (Å²) in [5, 5.41) is 17.5. The average Bonchev–Trinajstić information content (AvgIpc) is 2.78. The molecule has 1 rings (SSSR count). The summed E-state index contributed by atoms with van der Waals surface area (Å²) in [4.78, 5) is 47.1. The Hall–Kier alpha value is -3.06. The molecule has 1 aliphatic rings. The number of carbonyl (C=O) groups excluding carboxylic acids is 3. The minimum Gasteiger partial charge on any atom is -0.478 e. The second kappa shape index (κ2) is 9.94. The standard InChI is InChI=1S/C18H19NO6/c1-19-13(12-20)17(24)16(18(19)25)14(21)10-8-6-4-2-3-5-7-9-11-15(22)23/h2-11,13,16,20H,12H2,1H3,(H,22,23). The monoisotopic (exact) mass is 345 g/mol. The summed E-state index contributed by atoms with van der Waals surface area (Å²) in [6.45, 7) is -0.506. The van der Waals surface area contributed by atoms with Crippen molar-refractivity contribution >= 4 is 23.4 Å². The van der Waals surface area contributed by atoms with E-state index in [0.29, 0.717) is 0 Å². The molecule has 0 aliphatic carbocycles. The predicted molar refractivity (Wildman–Crippen MR) is 90.5 cm³/mol. The molecule has 2 N–H and O–H groups in total. The zero-order chi connectivity index (χ0) is 18.8. The fourth-order valence-corrected chi connectivity index (χ4v) is 2.11. The van der Waals surface area contributed by atoms with Gasteiger partial charge in [0.05, 0.1) is 6.61 Å². The van der Waals surface area contributed by atoms with Crippen LogP contribution in [0.5, 0.6) is 0 Å². The Morgan fingerprint density at radius 1 is 0.960 bits per heavy atom. The van der Waals surface area contributed by atoms with Crippen LogP contribution in [0, 0.1) is 5.92 Å². The minimum absolute atomic E-state index is 0.506. The molecule has 0 saturated carbocycles. The number of hydrogen-bond acceptors (Lipinski definition) is 5. The van der Waals surface area contributed by atoms with Gasteiger partial charge in [0.15, 0.2) is 17.5 Å². The third-order valence-corrected chi connectivity index (χ3v) is 3.41. The van der Waals surface area contributed by atoms with Crippen molar-refractivity contribution in [1.82, 2.24) is 4.90 Å². The third kappa shape index (κ3) is 5.82. The first-order chi connectivity index (χ1) is 11.9. The molecule has 0 aromatic heterocycles. The minimum atomic E-state index is -1.38. The van der Waals surface area contributed by atoms with Gasteiger partial charge in [-0.1, -0.05) is 48.6 Å². The van der Waals surface area contributed by atoms with Crippen LogP contribution in [0.2, 0.25) is 0 Å². The summed E-state index contributed by atoms with van der Waals surface area (Å²) < 4.78 is 0. The molecule has 1 saturated heterocycles. The van der Waals surface area contributed by atoms with E-state index in [2.05, 4.69) is 0 Å². The lowest BCUT2D eigenvalue weighted by atomic mass is 9.98. The van der Waals surface area contributed by atoms with Crippen molar-refractivity contribution < 1.29 is 29.4 Å². The van der Waals surface area contributed by atoms with E-state index in [4.69, 9.17) is 10.2 Å². The molecule has 1 aliphatic heterocycles. The summed E-state index contributed by atoms with van der Waals surface area (Å²) in [6, 6.07) is -0.963. The summed E-state index contributed by atoms with van der Waals surface area (Å²) in [5.41, 5.74) is 0. The lowest BCUT2D eigenvalue weighted by molar-refractivity contribution is -0.137. The Balaban J connectivity index is 2.53. The Kier molecular flexibility index (Phi) is 7.95. The molecular formula is C18H19NO6. The smallest absolute Gasteiger partial charge is 0.328 e. The molecule has 1 fully saturated rings. The fraction of sp³-hybridized carbons (Fsp3) is 0.222. The van der Waals surface area contributed by atoms with Crippen molar-refractivity contribution in [1.29, 1.82) is 0 Å². The van der Waals surface area contributed by atoms with Crippen molar-refractivity contribution in [2.24, 2.45) is 5.92 Å². The summed E-state index contributed by atoms with van der Waals surface area (Å²) in [7, 11) is 1.38. The van der Waals surface area contributed by atoms with E-state index in [1.807, 2.05) is 0 Å². The molecule has 0 spiro atoms. The number of ketones is 2. The number of carboxylic acid groups (broad SMARTS) is 1. The number of Topliss-reactive ketones (excluding diaryl/α,β-unsaturated/α-hetero) is 1. The number of nitrogens with zero attached hydrogens (tertiary/aromatic N) is 1. The van der Waals surface area contributed by atoms with Crippen LogP contribution < -0.4 is 0 Å². The van der Waals surface area contributed by atoms with Gasteiger partial charge in [-0.2, -0.15) is 0 Å². The van der Waals surface area contributed by atoms with E-state index in [1.165, 1.54) is 19.2 Å². The van der Waals surface area contributed by atoms with Gasteiger partial charge in [-0.25, -0.2) is 4.79 Å². The SMILES string of the molecule is CN1C(=O)C(C(=O)C=CC=CC=CC=CC=CC(=O)O)C(=O)C1CO. The highest BCUT2D eigenvalue weighted by atomic mass is 16.4. The maximum atomic E-state index is 12.0. The zero-order valence-corrected chi connectivity index (χ0v) is 13.6. The van der Waals surface area contributed by atoms with Crippen LogP contribution in [0.3, 0.4) is 0 Å². The Bertz CT molecular complexity index is 684. The molecule has 25 heavy (non-hydrogen) atoms. The number of carboxylic acids is 1. The van der Waals surface area contributed by atoms with Crippen molar-refractivity contribution in [3.05, 3.63) is 60.8 Å².